The Kier molecular flexibility index (Phi) is 5.02. The monoisotopic (exact) mass is 322 g/mol. The van der Waals surface area contributed by atoms with Gasteiger partial charge in [0, 0.05) is 5.75 Å². The molecule has 0 bridgehead atoms. The lowest BCUT2D eigenvalue weighted by Crippen LogP contribution is -2.09. The molecule has 5 heteroatoms. The fourth-order valence-corrected chi connectivity index (χ4v) is 3.01. The average Bonchev–Trinajstić information content (AvgIpc) is 2.73. The van der Waals surface area contributed by atoms with Gasteiger partial charge < -0.3 is 0 Å². The molecule has 0 aliphatic heterocycles. The van der Waals surface area contributed by atoms with Crippen molar-refractivity contribution in [2.24, 2.45) is 0 Å². The Labute approximate surface area is 133 Å². The fraction of sp³-hybridized carbons (Fsp3) is 0.200. The maximum absolute atomic E-state index is 6.13. The lowest BCUT2D eigenvalue weighted by Gasteiger charge is -2.06. The molecule has 0 amide bonds. The smallest absolute Gasteiger partial charge is 0.161 e. The molecule has 0 radical (unpaired) electrons. The van der Waals surface area contributed by atoms with Gasteiger partial charge in [0.1, 0.15) is 0 Å². The zero-order chi connectivity index (χ0) is 14.7. The Bertz CT molecular complexity index is 645. The van der Waals surface area contributed by atoms with E-state index in [4.69, 9.17) is 23.8 Å². The van der Waals surface area contributed by atoms with Gasteiger partial charge in [-0.05, 0) is 25.0 Å². The normalized spacial score (nSPS) is 10.6. The molecule has 1 aromatic carbocycles. The second kappa shape index (κ2) is 6.57. The minimum Gasteiger partial charge on any atom is -0.219 e. The molecule has 0 saturated carbocycles. The molecule has 2 rings (SSSR count). The van der Waals surface area contributed by atoms with Gasteiger partial charge in [-0.25, -0.2) is 4.68 Å². The summed E-state index contributed by atoms with van der Waals surface area (Å²) in [7, 11) is 0. The second-order valence-corrected chi connectivity index (χ2v) is 6.38. The third-order valence-corrected chi connectivity index (χ3v) is 4.92. The summed E-state index contributed by atoms with van der Waals surface area (Å²) in [5.41, 5.74) is 4.04. The summed E-state index contributed by atoms with van der Waals surface area (Å²) in [5.74, 6) is 0.812. The van der Waals surface area contributed by atoms with Crippen LogP contribution >= 0.6 is 35.6 Å². The lowest BCUT2D eigenvalue weighted by atomic mass is 10.1. The number of hydrogen-bond acceptors (Lipinski definition) is 3. The van der Waals surface area contributed by atoms with Gasteiger partial charge in [0.25, 0.3) is 0 Å². The van der Waals surface area contributed by atoms with E-state index in [-0.39, 0.29) is 0 Å². The molecule has 2 aromatic rings. The van der Waals surface area contributed by atoms with E-state index in [0.29, 0.717) is 9.34 Å². The molecule has 0 aliphatic rings. The molecule has 0 spiro atoms. The summed E-state index contributed by atoms with van der Waals surface area (Å²) < 4.78 is 2.45. The molecule has 0 saturated heterocycles. The SMILES string of the molecule is C=Cc1ccc(CSC(=S)n2nc(C)c(Cl)c2C)cc1. The van der Waals surface area contributed by atoms with Crippen LogP contribution in [0.25, 0.3) is 6.08 Å². The van der Waals surface area contributed by atoms with Crippen LogP contribution in [0.1, 0.15) is 22.5 Å². The van der Waals surface area contributed by atoms with Gasteiger partial charge in [0.2, 0.25) is 0 Å². The standard InChI is InChI=1S/C15H15ClN2S2/c1-4-12-5-7-13(8-6-12)9-20-15(19)18-11(3)14(16)10(2)17-18/h4-8H,1,9H2,2-3H3. The van der Waals surface area contributed by atoms with E-state index < -0.39 is 0 Å². The summed E-state index contributed by atoms with van der Waals surface area (Å²) >= 11 is 13.1. The highest BCUT2D eigenvalue weighted by molar-refractivity contribution is 8.22. The number of benzene rings is 1. The highest BCUT2D eigenvalue weighted by Gasteiger charge is 2.12. The van der Waals surface area contributed by atoms with Crippen molar-refractivity contribution in [2.75, 3.05) is 0 Å². The third-order valence-electron chi connectivity index (χ3n) is 2.95. The minimum atomic E-state index is 0.684. The van der Waals surface area contributed by atoms with E-state index >= 15 is 0 Å². The number of thioether (sulfide) groups is 1. The number of hydrogen-bond donors (Lipinski definition) is 0. The Hall–Kier alpha value is -1.10. The molecule has 0 N–H and O–H groups in total. The summed E-state index contributed by atoms with van der Waals surface area (Å²) in [5, 5.41) is 5.04. The first kappa shape index (κ1) is 15.3. The molecule has 1 aromatic heterocycles. The van der Waals surface area contributed by atoms with E-state index in [1.807, 2.05) is 32.1 Å². The Morgan fingerprint density at radius 2 is 2.05 bits per heavy atom. The molecule has 0 atom stereocenters. The highest BCUT2D eigenvalue weighted by Crippen LogP contribution is 2.23. The molecule has 0 fully saturated rings. The van der Waals surface area contributed by atoms with Crippen molar-refractivity contribution in [3.05, 3.63) is 58.4 Å². The first-order chi connectivity index (χ1) is 9.52. The van der Waals surface area contributed by atoms with Crippen LogP contribution in [0.5, 0.6) is 0 Å². The first-order valence-corrected chi connectivity index (χ1v) is 7.90. The van der Waals surface area contributed by atoms with E-state index in [9.17, 15) is 0 Å². The number of thiocarbonyl (C=S) groups is 1. The van der Waals surface area contributed by atoms with Gasteiger partial charge >= 0.3 is 0 Å². The first-order valence-electron chi connectivity index (χ1n) is 6.13. The quantitative estimate of drug-likeness (QED) is 0.751. The summed E-state index contributed by atoms with van der Waals surface area (Å²) in [6.45, 7) is 7.55. The van der Waals surface area contributed by atoms with Crippen molar-refractivity contribution < 1.29 is 0 Å². The van der Waals surface area contributed by atoms with Gasteiger partial charge in [-0.15, -0.1) is 0 Å². The molecular formula is C15H15ClN2S2. The topological polar surface area (TPSA) is 17.8 Å². The van der Waals surface area contributed by atoms with Crippen LogP contribution in [0.2, 0.25) is 5.02 Å². The van der Waals surface area contributed by atoms with Crippen LogP contribution in [-0.2, 0) is 5.75 Å². The highest BCUT2D eigenvalue weighted by atomic mass is 35.5. The van der Waals surface area contributed by atoms with Crippen molar-refractivity contribution in [3.8, 4) is 0 Å². The van der Waals surface area contributed by atoms with Crippen LogP contribution in [0.15, 0.2) is 30.8 Å². The number of halogens is 1. The summed E-state index contributed by atoms with van der Waals surface area (Å²) in [6, 6.07) is 8.26. The number of aromatic nitrogens is 2. The van der Waals surface area contributed by atoms with Gasteiger partial charge in [-0.1, -0.05) is 72.5 Å². The zero-order valence-electron chi connectivity index (χ0n) is 11.4. The molecule has 2 nitrogen and oxygen atoms in total. The van der Waals surface area contributed by atoms with Crippen molar-refractivity contribution in [1.82, 2.24) is 9.78 Å². The van der Waals surface area contributed by atoms with E-state index in [0.717, 1.165) is 22.7 Å². The summed E-state index contributed by atoms with van der Waals surface area (Å²) in [4.78, 5) is 0. The predicted octanol–water partition coefficient (Wildman–Crippen LogP) is 4.86. The van der Waals surface area contributed by atoms with Gasteiger partial charge in [-0.3, -0.25) is 0 Å². The molecular weight excluding hydrogens is 308 g/mol. The van der Waals surface area contributed by atoms with Crippen LogP contribution < -0.4 is 0 Å². The fourth-order valence-electron chi connectivity index (χ4n) is 1.76. The molecule has 1 heterocycles. The van der Waals surface area contributed by atoms with Crippen LogP contribution in [0.3, 0.4) is 0 Å². The largest absolute Gasteiger partial charge is 0.219 e. The Balaban J connectivity index is 2.04. The van der Waals surface area contributed by atoms with Crippen LogP contribution in [0, 0.1) is 13.8 Å². The minimum absolute atomic E-state index is 0.684. The summed E-state index contributed by atoms with van der Waals surface area (Å²) in [6.07, 6.45) is 1.83. The average molecular weight is 323 g/mol. The third kappa shape index (κ3) is 3.32. The van der Waals surface area contributed by atoms with E-state index in [1.165, 1.54) is 5.56 Å². The van der Waals surface area contributed by atoms with Gasteiger partial charge in [0.15, 0.2) is 4.32 Å². The van der Waals surface area contributed by atoms with Gasteiger partial charge in [0.05, 0.1) is 16.4 Å². The molecule has 0 aliphatic carbocycles. The molecule has 0 unspecified atom stereocenters. The number of rotatable bonds is 3. The van der Waals surface area contributed by atoms with Crippen LogP contribution in [0.4, 0.5) is 0 Å². The molecule has 104 valence electrons. The number of aryl methyl sites for hydroxylation is 1. The Morgan fingerprint density at radius 1 is 1.40 bits per heavy atom. The van der Waals surface area contributed by atoms with Crippen LogP contribution in [-0.4, -0.2) is 14.1 Å². The van der Waals surface area contributed by atoms with E-state index in [1.54, 1.807) is 16.4 Å². The lowest BCUT2D eigenvalue weighted by molar-refractivity contribution is 0.906. The van der Waals surface area contributed by atoms with Gasteiger partial charge in [-0.2, -0.15) is 5.10 Å². The maximum Gasteiger partial charge on any atom is 0.161 e. The number of nitrogens with zero attached hydrogens (tertiary/aromatic N) is 2. The maximum atomic E-state index is 6.13. The molecule has 20 heavy (non-hydrogen) atoms. The predicted molar refractivity (Wildman–Crippen MR) is 92.5 cm³/mol. The van der Waals surface area contributed by atoms with Crippen molar-refractivity contribution in [2.45, 2.75) is 19.6 Å². The second-order valence-electron chi connectivity index (χ2n) is 4.40. The van der Waals surface area contributed by atoms with E-state index in [2.05, 4.69) is 23.8 Å². The zero-order valence-corrected chi connectivity index (χ0v) is 13.8. The van der Waals surface area contributed by atoms with Crippen molar-refractivity contribution in [1.29, 1.82) is 0 Å². The van der Waals surface area contributed by atoms with Crippen molar-refractivity contribution >= 4 is 46.0 Å². The van der Waals surface area contributed by atoms with Crippen molar-refractivity contribution in [3.63, 3.8) is 0 Å². The Morgan fingerprint density at radius 3 is 2.55 bits per heavy atom.